The van der Waals surface area contributed by atoms with Crippen molar-refractivity contribution >= 4 is 17.5 Å². The molecule has 15 nitrogen and oxygen atoms in total. The molecule has 0 aromatic heterocycles. The van der Waals surface area contributed by atoms with Gasteiger partial charge in [-0.15, -0.1) is 6.58 Å². The number of nitro groups is 1. The highest BCUT2D eigenvalue weighted by Gasteiger charge is 2.66. The minimum atomic E-state index is -1.61. The quantitative estimate of drug-likeness (QED) is 0.0393. The van der Waals surface area contributed by atoms with Gasteiger partial charge in [0.05, 0.1) is 23.2 Å². The molecule has 0 bridgehead atoms. The highest BCUT2D eigenvalue weighted by molar-refractivity contribution is 6.03. The number of carbonyl (C=O) groups excluding carboxylic acids is 1. The van der Waals surface area contributed by atoms with Crippen LogP contribution in [0.25, 0.3) is 0 Å². The molecular formula is C54H63N3O12. The second-order valence-corrected chi connectivity index (χ2v) is 19.3. The molecule has 2 N–H and O–H groups in total. The maximum absolute atomic E-state index is 15.2. The second kappa shape index (κ2) is 21.1. The van der Waals surface area contributed by atoms with Crippen molar-refractivity contribution in [2.75, 3.05) is 26.6 Å². The number of nitrogens with zero attached hydrogens (tertiary/aromatic N) is 3. The summed E-state index contributed by atoms with van der Waals surface area (Å²) < 4.78 is 38.8. The third-order valence-electron chi connectivity index (χ3n) is 13.4. The largest absolute Gasteiger partial charge is 0.459 e. The number of unbranched alkanes of at least 4 members (excludes halogenated alkanes) is 2. The standard InChI is InChI=1S/C54H63N3O12/c1-7-26-65-54-49(56(32-36-15-22-47-48(28-36)64-33-63-47)52(60)67-39-19-16-38(17-20-39)57(61)62)31-45(55-69-53(4,5)6)43-29-37(12-8-10-24-58)42(13-9-11-25-59)50(51(43)54)44-30-41(21-23-46(44)68-54)66-40-18-14-34(2)35(3)27-40/h7,14-23,27-30,37,42,49-51,58-59H,1,8-13,24-26,31-33H2,2-6H3. The molecule has 4 aromatic rings. The summed E-state index contributed by atoms with van der Waals surface area (Å²) in [5.41, 5.74) is 4.49. The number of hydrogen-bond donors (Lipinski definition) is 2. The maximum Gasteiger partial charge on any atom is 0.416 e. The van der Waals surface area contributed by atoms with Crippen LogP contribution in [0.1, 0.15) is 93.9 Å². The monoisotopic (exact) mass is 945 g/mol. The first-order valence-electron chi connectivity index (χ1n) is 23.8. The number of rotatable bonds is 19. The number of nitro benzene ring substituents is 1. The predicted octanol–water partition coefficient (Wildman–Crippen LogP) is 10.9. The zero-order chi connectivity index (χ0) is 48.9. The Balaban J connectivity index is 1.35. The number of hydrogen-bond acceptors (Lipinski definition) is 13. The van der Waals surface area contributed by atoms with Crippen LogP contribution in [0.4, 0.5) is 10.5 Å². The van der Waals surface area contributed by atoms with E-state index in [4.69, 9.17) is 38.4 Å². The number of amides is 1. The van der Waals surface area contributed by atoms with E-state index in [9.17, 15) is 20.3 Å². The van der Waals surface area contributed by atoms with Gasteiger partial charge in [-0.25, -0.2) is 4.79 Å². The Morgan fingerprint density at radius 1 is 0.899 bits per heavy atom. The van der Waals surface area contributed by atoms with Gasteiger partial charge in [-0.05, 0) is 149 Å². The Morgan fingerprint density at radius 3 is 2.30 bits per heavy atom. The fourth-order valence-electron chi connectivity index (χ4n) is 10.2. The van der Waals surface area contributed by atoms with Gasteiger partial charge in [0.15, 0.2) is 11.5 Å². The molecule has 4 aromatic carbocycles. The Hall–Kier alpha value is -6.42. The van der Waals surface area contributed by atoms with Crippen LogP contribution in [0, 0.1) is 41.7 Å². The molecule has 366 valence electrons. The molecule has 0 radical (unpaired) electrons. The minimum absolute atomic E-state index is 0.00657. The van der Waals surface area contributed by atoms with Crippen molar-refractivity contribution in [2.24, 2.45) is 22.9 Å². The normalized spacial score (nSPS) is 22.7. The second-order valence-electron chi connectivity index (χ2n) is 19.3. The van der Waals surface area contributed by atoms with E-state index in [0.717, 1.165) is 47.9 Å². The first-order valence-corrected chi connectivity index (χ1v) is 23.8. The minimum Gasteiger partial charge on any atom is -0.459 e. The molecule has 2 aliphatic heterocycles. The third kappa shape index (κ3) is 10.8. The Morgan fingerprint density at radius 2 is 1.59 bits per heavy atom. The van der Waals surface area contributed by atoms with Crippen molar-refractivity contribution in [3.8, 4) is 34.5 Å². The summed E-state index contributed by atoms with van der Waals surface area (Å²) >= 11 is 0. The summed E-state index contributed by atoms with van der Waals surface area (Å²) in [5.74, 6) is 0.504. The summed E-state index contributed by atoms with van der Waals surface area (Å²) in [4.78, 5) is 34.2. The molecule has 8 rings (SSSR count). The van der Waals surface area contributed by atoms with Crippen LogP contribution in [-0.4, -0.2) is 75.9 Å². The van der Waals surface area contributed by atoms with Crippen molar-refractivity contribution < 1.29 is 53.2 Å². The average molecular weight is 946 g/mol. The third-order valence-corrected chi connectivity index (χ3v) is 13.4. The van der Waals surface area contributed by atoms with Gasteiger partial charge in [0.25, 0.3) is 5.69 Å². The molecule has 69 heavy (non-hydrogen) atoms. The Labute approximate surface area is 403 Å². The molecule has 15 heteroatoms. The molecule has 4 aliphatic rings. The number of non-ortho nitro benzene ring substituents is 1. The average Bonchev–Trinajstić information content (AvgIpc) is 3.80. The fraction of sp³-hybridized carbons (Fsp3) is 0.444. The fourth-order valence-corrected chi connectivity index (χ4v) is 10.2. The Bertz CT molecular complexity index is 2570. The van der Waals surface area contributed by atoms with Crippen LogP contribution in [-0.2, 0) is 16.1 Å². The molecule has 6 atom stereocenters. The van der Waals surface area contributed by atoms with Crippen molar-refractivity contribution in [1.82, 2.24) is 4.90 Å². The number of allylic oxidation sites excluding steroid dienone is 1. The molecule has 0 spiro atoms. The Kier molecular flexibility index (Phi) is 15.0. The molecule has 2 aliphatic carbocycles. The molecule has 1 amide bonds. The van der Waals surface area contributed by atoms with Gasteiger partial charge in [0, 0.05) is 49.8 Å². The van der Waals surface area contributed by atoms with E-state index in [-0.39, 0.29) is 68.8 Å². The van der Waals surface area contributed by atoms with Crippen molar-refractivity contribution in [3.05, 3.63) is 136 Å². The lowest BCUT2D eigenvalue weighted by atomic mass is 9.55. The van der Waals surface area contributed by atoms with Gasteiger partial charge < -0.3 is 43.5 Å². The van der Waals surface area contributed by atoms with Crippen LogP contribution in [0.5, 0.6) is 34.5 Å². The van der Waals surface area contributed by atoms with Crippen LogP contribution in [0.15, 0.2) is 108 Å². The van der Waals surface area contributed by atoms with E-state index in [1.54, 1.807) is 17.0 Å². The van der Waals surface area contributed by atoms with E-state index >= 15 is 4.79 Å². The van der Waals surface area contributed by atoms with Gasteiger partial charge in [0.1, 0.15) is 34.6 Å². The topological polar surface area (TPSA) is 181 Å². The highest BCUT2D eigenvalue weighted by atomic mass is 16.7. The van der Waals surface area contributed by atoms with E-state index in [0.29, 0.717) is 52.9 Å². The number of benzene rings is 4. The van der Waals surface area contributed by atoms with Gasteiger partial charge in [0.2, 0.25) is 12.6 Å². The number of aliphatic hydroxyl groups excluding tert-OH is 2. The molecule has 0 saturated heterocycles. The molecule has 1 saturated carbocycles. The molecule has 2 heterocycles. The van der Waals surface area contributed by atoms with E-state index in [1.165, 1.54) is 24.3 Å². The number of aliphatic hydroxyl groups is 2. The van der Waals surface area contributed by atoms with E-state index in [1.807, 2.05) is 63.2 Å². The smallest absolute Gasteiger partial charge is 0.416 e. The summed E-state index contributed by atoms with van der Waals surface area (Å²) in [6.07, 6.45) is 7.58. The van der Waals surface area contributed by atoms with Gasteiger partial charge in [-0.3, -0.25) is 15.0 Å². The number of ether oxygens (including phenoxy) is 6. The SMILES string of the molecule is C=CCOC12Oc3ccc(Oc4ccc(C)c(C)c4)cc3C3C(CCCCO)C(CCCCO)C=C(C(=NOC(C)(C)C)CC1N(Cc1ccc4c(c1)OCO4)C(=O)Oc1ccc([N+](=O)[O-])cc1)C32. The lowest BCUT2D eigenvalue weighted by molar-refractivity contribution is -0.384. The maximum atomic E-state index is 15.2. The summed E-state index contributed by atoms with van der Waals surface area (Å²) in [7, 11) is 0. The highest BCUT2D eigenvalue weighted by Crippen LogP contribution is 2.62. The van der Waals surface area contributed by atoms with Crippen molar-refractivity contribution in [2.45, 2.75) is 109 Å². The molecule has 6 unspecified atom stereocenters. The van der Waals surface area contributed by atoms with Gasteiger partial charge >= 0.3 is 6.09 Å². The molecular weight excluding hydrogens is 883 g/mol. The first kappa shape index (κ1) is 49.0. The summed E-state index contributed by atoms with van der Waals surface area (Å²) in [6.45, 7) is 14.1. The van der Waals surface area contributed by atoms with Crippen molar-refractivity contribution in [3.63, 3.8) is 0 Å². The first-order chi connectivity index (χ1) is 33.2. The number of carbonyl (C=O) groups is 1. The number of oxime groups is 1. The van der Waals surface area contributed by atoms with Crippen molar-refractivity contribution in [1.29, 1.82) is 0 Å². The summed E-state index contributed by atoms with van der Waals surface area (Å²) in [5, 5.41) is 36.6. The number of aryl methyl sites for hydroxylation is 2. The van der Waals surface area contributed by atoms with E-state index in [2.05, 4.69) is 32.6 Å². The van der Waals surface area contributed by atoms with E-state index < -0.39 is 34.4 Å². The van der Waals surface area contributed by atoms with Gasteiger partial charge in [-0.1, -0.05) is 42.3 Å². The summed E-state index contributed by atoms with van der Waals surface area (Å²) in [6, 6.07) is 21.7. The van der Waals surface area contributed by atoms with Crippen LogP contribution in [0.2, 0.25) is 0 Å². The van der Waals surface area contributed by atoms with Crippen LogP contribution in [0.3, 0.4) is 0 Å². The predicted molar refractivity (Wildman–Crippen MR) is 259 cm³/mol. The van der Waals surface area contributed by atoms with Gasteiger partial charge in [-0.2, -0.15) is 0 Å². The van der Waals surface area contributed by atoms with Crippen LogP contribution >= 0.6 is 0 Å². The zero-order valence-electron chi connectivity index (χ0n) is 40.1. The zero-order valence-corrected chi connectivity index (χ0v) is 40.1. The number of fused-ring (bicyclic) bond motifs is 3. The lowest BCUT2D eigenvalue weighted by Crippen LogP contribution is -2.70. The molecule has 1 fully saturated rings. The lowest BCUT2D eigenvalue weighted by Gasteiger charge is -2.60. The van der Waals surface area contributed by atoms with Crippen LogP contribution < -0.4 is 23.7 Å².